The summed E-state index contributed by atoms with van der Waals surface area (Å²) in [5, 5.41) is 3.18. The molecule has 0 radical (unpaired) electrons. The molecule has 4 nitrogen and oxygen atoms in total. The van der Waals surface area contributed by atoms with Gasteiger partial charge in [-0.15, -0.1) is 0 Å². The topological polar surface area (TPSA) is 55.1 Å². The predicted molar refractivity (Wildman–Crippen MR) is 65.4 cm³/mol. The molecule has 0 spiro atoms. The number of aryl methyl sites for hydroxylation is 2. The lowest BCUT2D eigenvalue weighted by Gasteiger charge is -2.03. The molecule has 0 saturated heterocycles. The van der Waals surface area contributed by atoms with Crippen LogP contribution in [0, 0.1) is 13.8 Å². The van der Waals surface area contributed by atoms with Crippen molar-refractivity contribution >= 4 is 23.3 Å². The zero-order valence-electron chi connectivity index (χ0n) is 9.45. The first-order valence-corrected chi connectivity index (χ1v) is 5.44. The van der Waals surface area contributed by atoms with E-state index in [-0.39, 0.29) is 5.91 Å². The zero-order valence-corrected chi connectivity index (χ0v) is 10.2. The smallest absolute Gasteiger partial charge is 0.260 e. The number of nitrogens with zero attached hydrogens (tertiary/aromatic N) is 1. The Labute approximate surface area is 104 Å². The summed E-state index contributed by atoms with van der Waals surface area (Å²) >= 11 is 5.80. The van der Waals surface area contributed by atoms with Crippen molar-refractivity contribution in [3.8, 4) is 0 Å². The van der Waals surface area contributed by atoms with Crippen LogP contribution in [0.15, 0.2) is 28.8 Å². The van der Waals surface area contributed by atoms with E-state index in [2.05, 4.69) is 10.3 Å². The van der Waals surface area contributed by atoms with Crippen LogP contribution in [0.2, 0.25) is 5.02 Å². The molecule has 1 N–H and O–H groups in total. The largest absolute Gasteiger partial charge is 0.466 e. The lowest BCUT2D eigenvalue weighted by molar-refractivity contribution is 0.102. The minimum Gasteiger partial charge on any atom is -0.466 e. The fourth-order valence-electron chi connectivity index (χ4n) is 1.51. The van der Waals surface area contributed by atoms with Crippen molar-refractivity contribution in [2.45, 2.75) is 13.8 Å². The van der Waals surface area contributed by atoms with E-state index in [1.807, 2.05) is 0 Å². The number of pyridine rings is 1. The lowest BCUT2D eigenvalue weighted by Crippen LogP contribution is -2.13. The number of amides is 1. The highest BCUT2D eigenvalue weighted by Gasteiger charge is 2.13. The molecule has 0 aromatic carbocycles. The summed E-state index contributed by atoms with van der Waals surface area (Å²) in [4.78, 5) is 15.9. The zero-order chi connectivity index (χ0) is 12.4. The maximum Gasteiger partial charge on any atom is 0.260 e. The molecule has 0 aliphatic carbocycles. The normalized spacial score (nSPS) is 10.3. The molecular formula is C12H11ClN2O2. The molecule has 0 saturated carbocycles. The molecule has 88 valence electrons. The molecule has 0 aliphatic rings. The highest BCUT2D eigenvalue weighted by Crippen LogP contribution is 2.17. The number of hydrogen-bond donors (Lipinski definition) is 1. The van der Waals surface area contributed by atoms with Crippen LogP contribution < -0.4 is 5.32 Å². The van der Waals surface area contributed by atoms with Gasteiger partial charge in [-0.25, -0.2) is 4.98 Å². The molecule has 2 heterocycles. The minimum atomic E-state index is -0.255. The summed E-state index contributed by atoms with van der Waals surface area (Å²) in [6.45, 7) is 3.54. The lowest BCUT2D eigenvalue weighted by atomic mass is 10.2. The van der Waals surface area contributed by atoms with E-state index in [0.717, 1.165) is 0 Å². The van der Waals surface area contributed by atoms with Crippen molar-refractivity contribution < 1.29 is 9.21 Å². The molecule has 2 rings (SSSR count). The van der Waals surface area contributed by atoms with Gasteiger partial charge in [0.15, 0.2) is 0 Å². The molecule has 2 aromatic rings. The van der Waals surface area contributed by atoms with Crippen molar-refractivity contribution in [3.63, 3.8) is 0 Å². The molecule has 1 amide bonds. The molecule has 0 aliphatic heterocycles. The van der Waals surface area contributed by atoms with E-state index in [0.29, 0.717) is 27.9 Å². The number of nitrogens with one attached hydrogen (secondary N) is 1. The van der Waals surface area contributed by atoms with E-state index in [1.165, 1.54) is 6.20 Å². The van der Waals surface area contributed by atoms with Crippen molar-refractivity contribution in [1.29, 1.82) is 0 Å². The molecule has 2 aromatic heterocycles. The Kier molecular flexibility index (Phi) is 3.15. The number of carbonyl (C=O) groups excluding carboxylic acids is 1. The standard InChI is InChI=1S/C12H11ClN2O2/c1-7-5-10(8(2)17-7)12(16)15-11-6-9(13)3-4-14-11/h3-6H,1-2H3,(H,14,15,16). The molecule has 17 heavy (non-hydrogen) atoms. The van der Waals surface area contributed by atoms with Crippen LogP contribution in [0.3, 0.4) is 0 Å². The first-order valence-electron chi connectivity index (χ1n) is 5.06. The Hall–Kier alpha value is -1.81. The highest BCUT2D eigenvalue weighted by molar-refractivity contribution is 6.30. The van der Waals surface area contributed by atoms with E-state index in [4.69, 9.17) is 16.0 Å². The third-order valence-electron chi connectivity index (χ3n) is 2.25. The first-order chi connectivity index (χ1) is 8.06. The van der Waals surface area contributed by atoms with Gasteiger partial charge in [0.2, 0.25) is 0 Å². The molecule has 0 bridgehead atoms. The van der Waals surface area contributed by atoms with Gasteiger partial charge in [-0.05, 0) is 32.0 Å². The van der Waals surface area contributed by atoms with E-state index < -0.39 is 0 Å². The minimum absolute atomic E-state index is 0.255. The number of halogens is 1. The predicted octanol–water partition coefficient (Wildman–Crippen LogP) is 3.20. The van der Waals surface area contributed by atoms with Gasteiger partial charge in [0, 0.05) is 11.2 Å². The quantitative estimate of drug-likeness (QED) is 0.891. The third kappa shape index (κ3) is 2.65. The second-order valence-corrected chi connectivity index (χ2v) is 4.08. The summed E-state index contributed by atoms with van der Waals surface area (Å²) in [5.74, 6) is 1.45. The number of hydrogen-bond acceptors (Lipinski definition) is 3. The van der Waals surface area contributed by atoms with Gasteiger partial charge >= 0.3 is 0 Å². The summed E-state index contributed by atoms with van der Waals surface area (Å²) in [7, 11) is 0. The van der Waals surface area contributed by atoms with Gasteiger partial charge in [0.25, 0.3) is 5.91 Å². The van der Waals surface area contributed by atoms with Gasteiger partial charge in [0.1, 0.15) is 17.3 Å². The fourth-order valence-corrected chi connectivity index (χ4v) is 1.67. The fraction of sp³-hybridized carbons (Fsp3) is 0.167. The molecule has 5 heteroatoms. The number of carbonyl (C=O) groups is 1. The van der Waals surface area contributed by atoms with Gasteiger partial charge < -0.3 is 9.73 Å². The SMILES string of the molecule is Cc1cc(C(=O)Nc2cc(Cl)ccn2)c(C)o1. The highest BCUT2D eigenvalue weighted by atomic mass is 35.5. The number of anilines is 1. The Morgan fingerprint density at radius 2 is 2.18 bits per heavy atom. The second-order valence-electron chi connectivity index (χ2n) is 3.64. The van der Waals surface area contributed by atoms with E-state index in [9.17, 15) is 4.79 Å². The Bertz CT molecular complexity index is 563. The van der Waals surface area contributed by atoms with E-state index in [1.54, 1.807) is 32.0 Å². The Morgan fingerprint density at radius 1 is 1.41 bits per heavy atom. The van der Waals surface area contributed by atoms with Crippen molar-refractivity contribution in [2.75, 3.05) is 5.32 Å². The molecular weight excluding hydrogens is 240 g/mol. The van der Waals surface area contributed by atoms with Crippen LogP contribution in [0.1, 0.15) is 21.9 Å². The summed E-state index contributed by atoms with van der Waals surface area (Å²) in [5.41, 5.74) is 0.504. The van der Waals surface area contributed by atoms with Crippen molar-refractivity contribution in [2.24, 2.45) is 0 Å². The number of furan rings is 1. The summed E-state index contributed by atoms with van der Waals surface area (Å²) < 4.78 is 5.29. The average molecular weight is 251 g/mol. The number of rotatable bonds is 2. The Morgan fingerprint density at radius 3 is 2.76 bits per heavy atom. The maximum absolute atomic E-state index is 11.9. The van der Waals surface area contributed by atoms with E-state index >= 15 is 0 Å². The van der Waals surface area contributed by atoms with Crippen LogP contribution in [0.5, 0.6) is 0 Å². The second kappa shape index (κ2) is 4.59. The third-order valence-corrected chi connectivity index (χ3v) is 2.48. The maximum atomic E-state index is 11.9. The van der Waals surface area contributed by atoms with Crippen LogP contribution >= 0.6 is 11.6 Å². The van der Waals surface area contributed by atoms with Crippen molar-refractivity contribution in [1.82, 2.24) is 4.98 Å². The molecule has 0 fully saturated rings. The molecule has 0 unspecified atom stereocenters. The van der Waals surface area contributed by atoms with Gasteiger partial charge in [0.05, 0.1) is 5.56 Å². The van der Waals surface area contributed by atoms with Gasteiger partial charge in [-0.2, -0.15) is 0 Å². The summed E-state index contributed by atoms with van der Waals surface area (Å²) in [6.07, 6.45) is 1.53. The Balaban J connectivity index is 2.20. The number of aromatic nitrogens is 1. The average Bonchev–Trinajstić information content (AvgIpc) is 2.58. The van der Waals surface area contributed by atoms with Crippen LogP contribution in [0.25, 0.3) is 0 Å². The van der Waals surface area contributed by atoms with Crippen LogP contribution in [-0.2, 0) is 0 Å². The molecule has 0 atom stereocenters. The van der Waals surface area contributed by atoms with Crippen molar-refractivity contribution in [3.05, 3.63) is 46.5 Å². The summed E-state index contributed by atoms with van der Waals surface area (Å²) in [6, 6.07) is 4.92. The first kappa shape index (κ1) is 11.7. The van der Waals surface area contributed by atoms with Crippen LogP contribution in [-0.4, -0.2) is 10.9 Å². The van der Waals surface area contributed by atoms with Crippen LogP contribution in [0.4, 0.5) is 5.82 Å². The monoisotopic (exact) mass is 250 g/mol. The van der Waals surface area contributed by atoms with Gasteiger partial charge in [-0.3, -0.25) is 4.79 Å². The van der Waals surface area contributed by atoms with Gasteiger partial charge in [-0.1, -0.05) is 11.6 Å².